The minimum atomic E-state index is -3.47. The molecule has 4 nitrogen and oxygen atoms in total. The van der Waals surface area contributed by atoms with Crippen LogP contribution in [0.1, 0.15) is 0 Å². The van der Waals surface area contributed by atoms with Crippen molar-refractivity contribution in [1.29, 1.82) is 0 Å². The zero-order valence-electron chi connectivity index (χ0n) is 12.3. The van der Waals surface area contributed by atoms with Crippen molar-refractivity contribution >= 4 is 43.2 Å². The molecule has 2 aromatic rings. The molecule has 0 spiro atoms. The fraction of sp³-hybridized carbons (Fsp3) is 0.250. The van der Waals surface area contributed by atoms with E-state index in [0.29, 0.717) is 40.6 Å². The Morgan fingerprint density at radius 3 is 2.30 bits per heavy atom. The second-order valence-electron chi connectivity index (χ2n) is 5.30. The van der Waals surface area contributed by atoms with Crippen molar-refractivity contribution in [2.24, 2.45) is 0 Å². The molecule has 122 valence electrons. The maximum atomic E-state index is 12.8. The maximum Gasteiger partial charge on any atom is 0.244 e. The van der Waals surface area contributed by atoms with Gasteiger partial charge >= 0.3 is 0 Å². The minimum Gasteiger partial charge on any atom is -0.369 e. The Labute approximate surface area is 149 Å². The van der Waals surface area contributed by atoms with Gasteiger partial charge in [0.1, 0.15) is 0 Å². The van der Waals surface area contributed by atoms with E-state index in [1.807, 2.05) is 24.3 Å². The Balaban J connectivity index is 1.75. The van der Waals surface area contributed by atoms with Gasteiger partial charge in [0.2, 0.25) is 10.0 Å². The first-order valence-electron chi connectivity index (χ1n) is 7.24. The molecule has 0 bridgehead atoms. The van der Waals surface area contributed by atoms with Crippen molar-refractivity contribution in [3.8, 4) is 0 Å². The van der Waals surface area contributed by atoms with Crippen LogP contribution in [0.4, 0.5) is 5.69 Å². The van der Waals surface area contributed by atoms with Gasteiger partial charge in [0.05, 0.1) is 4.90 Å². The topological polar surface area (TPSA) is 40.6 Å². The lowest BCUT2D eigenvalue weighted by Gasteiger charge is -2.35. The monoisotopic (exact) mass is 414 g/mol. The summed E-state index contributed by atoms with van der Waals surface area (Å²) in [4.78, 5) is 2.47. The van der Waals surface area contributed by atoms with Crippen LogP contribution in [0.2, 0.25) is 5.02 Å². The van der Waals surface area contributed by atoms with Crippen LogP contribution in [0.5, 0.6) is 0 Å². The van der Waals surface area contributed by atoms with Crippen LogP contribution in [0.15, 0.2) is 57.9 Å². The first-order chi connectivity index (χ1) is 11.0. The minimum absolute atomic E-state index is 0.316. The summed E-state index contributed by atoms with van der Waals surface area (Å²) in [6, 6.07) is 14.5. The lowest BCUT2D eigenvalue weighted by molar-refractivity contribution is 0.384. The van der Waals surface area contributed by atoms with Crippen LogP contribution in [-0.2, 0) is 10.0 Å². The zero-order valence-corrected chi connectivity index (χ0v) is 15.5. The number of nitrogens with zero attached hydrogens (tertiary/aromatic N) is 2. The number of piperazine rings is 1. The standard InChI is InChI=1S/C16H16BrClN2O2S/c17-15-6-1-2-7-16(15)23(21,22)20-10-8-19(9-11-20)14-5-3-4-13(18)12-14/h1-7,12H,8-11H2. The van der Waals surface area contributed by atoms with Crippen molar-refractivity contribution in [3.05, 3.63) is 58.0 Å². The molecule has 2 aromatic carbocycles. The largest absolute Gasteiger partial charge is 0.369 e. The maximum absolute atomic E-state index is 12.8. The number of hydrogen-bond acceptors (Lipinski definition) is 3. The Hall–Kier alpha value is -1.08. The van der Waals surface area contributed by atoms with Crippen molar-refractivity contribution in [3.63, 3.8) is 0 Å². The first-order valence-corrected chi connectivity index (χ1v) is 9.85. The fourth-order valence-electron chi connectivity index (χ4n) is 2.65. The third-order valence-corrected chi connectivity index (χ3v) is 7.01. The lowest BCUT2D eigenvalue weighted by atomic mass is 10.2. The van der Waals surface area contributed by atoms with E-state index >= 15 is 0 Å². The van der Waals surface area contributed by atoms with Gasteiger partial charge in [-0.2, -0.15) is 4.31 Å². The molecule has 23 heavy (non-hydrogen) atoms. The third-order valence-electron chi connectivity index (χ3n) is 3.87. The van der Waals surface area contributed by atoms with E-state index in [2.05, 4.69) is 20.8 Å². The van der Waals surface area contributed by atoms with Crippen LogP contribution >= 0.6 is 27.5 Å². The smallest absolute Gasteiger partial charge is 0.244 e. The summed E-state index contributed by atoms with van der Waals surface area (Å²) < 4.78 is 27.7. The quantitative estimate of drug-likeness (QED) is 0.769. The van der Waals surface area contributed by atoms with Gasteiger partial charge in [-0.3, -0.25) is 0 Å². The van der Waals surface area contributed by atoms with Crippen molar-refractivity contribution in [2.75, 3.05) is 31.1 Å². The predicted molar refractivity (Wildman–Crippen MR) is 96.6 cm³/mol. The molecule has 0 amide bonds. The average Bonchev–Trinajstić information content (AvgIpc) is 2.55. The van der Waals surface area contributed by atoms with Crippen LogP contribution in [0, 0.1) is 0 Å². The van der Waals surface area contributed by atoms with Crippen LogP contribution in [0.3, 0.4) is 0 Å². The first kappa shape index (κ1) is 16.8. The van der Waals surface area contributed by atoms with Gasteiger partial charge in [-0.25, -0.2) is 8.42 Å². The second kappa shape index (κ2) is 6.81. The summed E-state index contributed by atoms with van der Waals surface area (Å²) in [5, 5.41) is 0.686. The van der Waals surface area contributed by atoms with E-state index in [1.165, 1.54) is 4.31 Å². The summed E-state index contributed by atoms with van der Waals surface area (Å²) in [5.74, 6) is 0. The highest BCUT2D eigenvalue weighted by molar-refractivity contribution is 9.10. The predicted octanol–water partition coefficient (Wildman–Crippen LogP) is 3.61. The SMILES string of the molecule is O=S(=O)(c1ccccc1Br)N1CCN(c2cccc(Cl)c2)CC1. The molecule has 0 atom stereocenters. The van der Waals surface area contributed by atoms with Crippen LogP contribution in [0.25, 0.3) is 0 Å². The molecular formula is C16H16BrClN2O2S. The summed E-state index contributed by atoms with van der Waals surface area (Å²) in [5.41, 5.74) is 1.02. The number of halogens is 2. The molecule has 0 radical (unpaired) electrons. The summed E-state index contributed by atoms with van der Waals surface area (Å²) in [6.07, 6.45) is 0. The molecule has 3 rings (SSSR count). The van der Waals surface area contributed by atoms with E-state index in [4.69, 9.17) is 11.6 Å². The molecule has 0 aromatic heterocycles. The van der Waals surface area contributed by atoms with Gasteiger partial charge in [0, 0.05) is 41.4 Å². The van der Waals surface area contributed by atoms with Gasteiger partial charge in [0.25, 0.3) is 0 Å². The molecule has 0 unspecified atom stereocenters. The van der Waals surface area contributed by atoms with Crippen molar-refractivity contribution < 1.29 is 8.42 Å². The Bertz CT molecular complexity index is 805. The summed E-state index contributed by atoms with van der Waals surface area (Å²) >= 11 is 9.35. The van der Waals surface area contributed by atoms with Gasteiger partial charge in [-0.15, -0.1) is 0 Å². The highest BCUT2D eigenvalue weighted by atomic mass is 79.9. The lowest BCUT2D eigenvalue weighted by Crippen LogP contribution is -2.48. The highest BCUT2D eigenvalue weighted by Crippen LogP contribution is 2.27. The molecule has 7 heteroatoms. The van der Waals surface area contributed by atoms with E-state index in [9.17, 15) is 8.42 Å². The molecule has 0 saturated carbocycles. The zero-order chi connectivity index (χ0) is 16.4. The third kappa shape index (κ3) is 3.55. The molecule has 0 N–H and O–H groups in total. The molecule has 0 aliphatic carbocycles. The second-order valence-corrected chi connectivity index (χ2v) is 8.50. The van der Waals surface area contributed by atoms with Crippen LogP contribution < -0.4 is 4.90 Å². The van der Waals surface area contributed by atoms with Crippen molar-refractivity contribution in [1.82, 2.24) is 4.31 Å². The Morgan fingerprint density at radius 1 is 0.957 bits per heavy atom. The number of sulfonamides is 1. The van der Waals surface area contributed by atoms with E-state index < -0.39 is 10.0 Å². The van der Waals surface area contributed by atoms with Gasteiger partial charge in [0.15, 0.2) is 0 Å². The number of benzene rings is 2. The van der Waals surface area contributed by atoms with E-state index in [1.54, 1.807) is 24.3 Å². The molecule has 1 aliphatic rings. The molecular weight excluding hydrogens is 400 g/mol. The fourth-order valence-corrected chi connectivity index (χ4v) is 5.22. The normalized spacial score (nSPS) is 16.5. The molecule has 1 saturated heterocycles. The molecule has 1 heterocycles. The average molecular weight is 416 g/mol. The van der Waals surface area contributed by atoms with Crippen molar-refractivity contribution in [2.45, 2.75) is 4.90 Å². The summed E-state index contributed by atoms with van der Waals surface area (Å²) in [7, 11) is -3.47. The number of anilines is 1. The number of hydrogen-bond donors (Lipinski definition) is 0. The van der Waals surface area contributed by atoms with Gasteiger partial charge in [-0.05, 0) is 46.3 Å². The van der Waals surface area contributed by atoms with E-state index in [-0.39, 0.29) is 0 Å². The molecule has 1 aliphatic heterocycles. The van der Waals surface area contributed by atoms with Crippen LogP contribution in [-0.4, -0.2) is 38.9 Å². The van der Waals surface area contributed by atoms with Gasteiger partial charge < -0.3 is 4.90 Å². The molecule has 1 fully saturated rings. The van der Waals surface area contributed by atoms with Gasteiger partial charge in [-0.1, -0.05) is 29.8 Å². The Kier molecular flexibility index (Phi) is 4.96. The highest BCUT2D eigenvalue weighted by Gasteiger charge is 2.29. The number of rotatable bonds is 3. The summed E-state index contributed by atoms with van der Waals surface area (Å²) in [6.45, 7) is 2.19. The Morgan fingerprint density at radius 2 is 1.65 bits per heavy atom. The van der Waals surface area contributed by atoms with E-state index in [0.717, 1.165) is 5.69 Å².